The molecule has 11 heteroatoms. The molecule has 270 valence electrons. The van der Waals surface area contributed by atoms with E-state index in [1.54, 1.807) is 6.07 Å². The predicted octanol–water partition coefficient (Wildman–Crippen LogP) is 9.17. The van der Waals surface area contributed by atoms with Crippen LogP contribution in [0.3, 0.4) is 0 Å². The highest BCUT2D eigenvalue weighted by Crippen LogP contribution is 2.44. The summed E-state index contributed by atoms with van der Waals surface area (Å²) < 4.78 is 53.6. The number of nitrogens with zero attached hydrogens (tertiary/aromatic N) is 4. The second kappa shape index (κ2) is 13.3. The molecule has 0 amide bonds. The van der Waals surface area contributed by atoms with Crippen LogP contribution in [0.15, 0.2) is 30.5 Å². The number of ether oxygens (including phenoxy) is 1. The molecule has 7 nitrogen and oxygen atoms in total. The van der Waals surface area contributed by atoms with E-state index in [4.69, 9.17) is 4.74 Å². The topological polar surface area (TPSA) is 83.4 Å². The first-order valence-electron chi connectivity index (χ1n) is 18.4. The molecule has 2 aromatic heterocycles. The summed E-state index contributed by atoms with van der Waals surface area (Å²) in [5, 5.41) is 15.5. The van der Waals surface area contributed by atoms with Crippen LogP contribution in [0.5, 0.6) is 11.8 Å². The Morgan fingerprint density at radius 3 is 2.51 bits per heavy atom. The molecule has 2 N–H and O–H groups in total. The quantitative estimate of drug-likeness (QED) is 0.132. The van der Waals surface area contributed by atoms with Crippen molar-refractivity contribution in [2.24, 2.45) is 5.92 Å². The minimum atomic E-state index is -2.26. The highest BCUT2D eigenvalue weighted by molar-refractivity contribution is 6.90. The Hall–Kier alpha value is -3.88. The van der Waals surface area contributed by atoms with Gasteiger partial charge in [0.25, 0.3) is 0 Å². The zero-order valence-corrected chi connectivity index (χ0v) is 31.6. The third kappa shape index (κ3) is 6.22. The Morgan fingerprint density at radius 2 is 1.82 bits per heavy atom. The first-order chi connectivity index (χ1) is 24.2. The second-order valence-corrected chi connectivity index (χ2v) is 21.6. The van der Waals surface area contributed by atoms with Crippen LogP contribution < -0.4 is 10.1 Å². The molecule has 4 aromatic rings. The van der Waals surface area contributed by atoms with Crippen molar-refractivity contribution < 1.29 is 23.0 Å². The van der Waals surface area contributed by atoms with Crippen molar-refractivity contribution in [2.75, 3.05) is 25.0 Å². The predicted molar refractivity (Wildman–Crippen MR) is 200 cm³/mol. The summed E-state index contributed by atoms with van der Waals surface area (Å²) >= 11 is 0. The molecular weight excluding hydrogens is 668 g/mol. The van der Waals surface area contributed by atoms with E-state index in [0.717, 1.165) is 25.8 Å². The number of fused-ring (bicyclic) bond motifs is 3. The largest absolute Gasteiger partial charge is 0.508 e. The summed E-state index contributed by atoms with van der Waals surface area (Å²) in [5.41, 5.74) is 4.43. The number of phenols is 1. The third-order valence-electron chi connectivity index (χ3n) is 11.9. The SMILES string of the molecule is CC1CC1Nc1nc(OC[C@@]23CCCN2C[C@H](F)C3)nc2c(F)c(-c3cc(O)cc4ccc(F)c(C#C[Si](C(C)C)(C(C)C)C(C)C)c34)ncc12. The highest BCUT2D eigenvalue weighted by atomic mass is 28.3. The van der Waals surface area contributed by atoms with Crippen LogP contribution in [0, 0.1) is 29.0 Å². The summed E-state index contributed by atoms with van der Waals surface area (Å²) in [6, 6.07) is 6.02. The second-order valence-electron chi connectivity index (χ2n) is 16.0. The Balaban J connectivity index is 1.38. The van der Waals surface area contributed by atoms with E-state index in [0.29, 0.717) is 57.5 Å². The average Bonchev–Trinajstić information content (AvgIpc) is 3.47. The molecule has 3 fully saturated rings. The van der Waals surface area contributed by atoms with Crippen LogP contribution in [0.1, 0.15) is 79.7 Å². The number of hydrogen-bond acceptors (Lipinski definition) is 7. The minimum absolute atomic E-state index is 0.00592. The molecule has 51 heavy (non-hydrogen) atoms. The molecule has 2 saturated heterocycles. The standard InChI is InChI=1S/C40H48F3N5O2Si/c1-22(2)51(23(3)4,24(5)6)14-11-29-32(42)10-9-26-16-28(49)17-30(34(26)29)36-35(43)37-31(19-44-36)38(45-33-15-25(33)7)47-39(46-37)50-21-40-12-8-13-48(40)20-27(41)18-40/h9-10,16-17,19,22-25,27,33,49H,8,12-13,15,18,20-21H2,1-7H3,(H,45,46,47)/t25?,27-,33?,40+/m1/s1. The van der Waals surface area contributed by atoms with E-state index in [2.05, 4.69) is 85.1 Å². The van der Waals surface area contributed by atoms with Crippen molar-refractivity contribution in [3.8, 4) is 34.5 Å². The number of halogens is 3. The molecule has 2 unspecified atom stereocenters. The number of phenolic OH excluding ortho intramolecular Hbond substituents is 1. The third-order valence-corrected chi connectivity index (χ3v) is 18.2. The lowest BCUT2D eigenvalue weighted by Crippen LogP contribution is -2.43. The molecular formula is C40H48F3N5O2Si. The number of alkyl halides is 1. The van der Waals surface area contributed by atoms with E-state index < -0.39 is 31.4 Å². The molecule has 0 spiro atoms. The van der Waals surface area contributed by atoms with Gasteiger partial charge in [0.05, 0.1) is 16.5 Å². The van der Waals surface area contributed by atoms with Gasteiger partial charge in [0.15, 0.2) is 5.82 Å². The van der Waals surface area contributed by atoms with Crippen LogP contribution in [-0.2, 0) is 0 Å². The number of rotatable bonds is 9. The van der Waals surface area contributed by atoms with Gasteiger partial charge in [0.2, 0.25) is 0 Å². The van der Waals surface area contributed by atoms with Crippen LogP contribution in [0.25, 0.3) is 32.9 Å². The Labute approximate surface area is 299 Å². The van der Waals surface area contributed by atoms with Gasteiger partial charge >= 0.3 is 6.01 Å². The van der Waals surface area contributed by atoms with Crippen LogP contribution >= 0.6 is 0 Å². The molecule has 0 bridgehead atoms. The lowest BCUT2D eigenvalue weighted by atomic mass is 9.95. The maximum Gasteiger partial charge on any atom is 0.319 e. The van der Waals surface area contributed by atoms with Gasteiger partial charge in [-0.15, -0.1) is 5.54 Å². The summed E-state index contributed by atoms with van der Waals surface area (Å²) in [4.78, 5) is 16.0. The average molecular weight is 716 g/mol. The van der Waals surface area contributed by atoms with Gasteiger partial charge in [-0.25, -0.2) is 13.2 Å². The Morgan fingerprint density at radius 1 is 1.10 bits per heavy atom. The van der Waals surface area contributed by atoms with Gasteiger partial charge in [-0.05, 0) is 71.9 Å². The number of nitrogens with one attached hydrogen (secondary N) is 1. The molecule has 4 atom stereocenters. The van der Waals surface area contributed by atoms with Crippen molar-refractivity contribution in [3.05, 3.63) is 47.7 Å². The Bertz CT molecular complexity index is 2040. The fourth-order valence-corrected chi connectivity index (χ4v) is 14.3. The van der Waals surface area contributed by atoms with E-state index in [1.165, 1.54) is 24.4 Å². The Kier molecular flexibility index (Phi) is 9.24. The van der Waals surface area contributed by atoms with E-state index in [1.807, 2.05) is 0 Å². The number of benzene rings is 2. The first-order valence-corrected chi connectivity index (χ1v) is 20.6. The van der Waals surface area contributed by atoms with Crippen LogP contribution in [0.2, 0.25) is 16.6 Å². The number of aromatic nitrogens is 3. The van der Waals surface area contributed by atoms with Gasteiger partial charge in [-0.1, -0.05) is 60.5 Å². The van der Waals surface area contributed by atoms with Crippen LogP contribution in [0.4, 0.5) is 19.0 Å². The van der Waals surface area contributed by atoms with Gasteiger partial charge < -0.3 is 15.2 Å². The molecule has 7 rings (SSSR count). The summed E-state index contributed by atoms with van der Waals surface area (Å²) in [6.45, 7) is 16.7. The first kappa shape index (κ1) is 35.5. The highest BCUT2D eigenvalue weighted by Gasteiger charge is 2.49. The molecule has 0 radical (unpaired) electrons. The zero-order valence-electron chi connectivity index (χ0n) is 30.6. The van der Waals surface area contributed by atoms with E-state index in [-0.39, 0.29) is 46.7 Å². The van der Waals surface area contributed by atoms with Crippen molar-refractivity contribution in [1.29, 1.82) is 0 Å². The fourth-order valence-electron chi connectivity index (χ4n) is 9.08. The summed E-state index contributed by atoms with van der Waals surface area (Å²) in [6.07, 6.45) is 3.72. The van der Waals surface area contributed by atoms with Crippen molar-refractivity contribution in [3.63, 3.8) is 0 Å². The van der Waals surface area contributed by atoms with Gasteiger partial charge in [0.1, 0.15) is 49.4 Å². The zero-order chi connectivity index (χ0) is 36.4. The molecule has 2 aliphatic heterocycles. The fraction of sp³-hybridized carbons (Fsp3) is 0.525. The maximum atomic E-state index is 17.0. The molecule has 3 aliphatic rings. The molecule has 1 saturated carbocycles. The normalized spacial score (nSPS) is 23.4. The number of pyridine rings is 1. The number of hydrogen-bond donors (Lipinski definition) is 2. The number of anilines is 1. The molecule has 1 aliphatic carbocycles. The van der Waals surface area contributed by atoms with Gasteiger partial charge in [-0.3, -0.25) is 9.88 Å². The van der Waals surface area contributed by atoms with Crippen molar-refractivity contribution in [2.45, 2.75) is 109 Å². The van der Waals surface area contributed by atoms with Crippen molar-refractivity contribution in [1.82, 2.24) is 19.9 Å². The monoisotopic (exact) mass is 715 g/mol. The van der Waals surface area contributed by atoms with Gasteiger partial charge in [-0.2, -0.15) is 9.97 Å². The maximum absolute atomic E-state index is 17.0. The van der Waals surface area contributed by atoms with Crippen molar-refractivity contribution >= 4 is 35.6 Å². The summed E-state index contributed by atoms with van der Waals surface area (Å²) in [5.74, 6) is 2.72. The lowest BCUT2D eigenvalue weighted by molar-refractivity contribution is 0.107. The van der Waals surface area contributed by atoms with E-state index in [9.17, 15) is 9.50 Å². The lowest BCUT2D eigenvalue weighted by Gasteiger charge is -2.38. The number of aromatic hydroxyl groups is 1. The molecule has 4 heterocycles. The van der Waals surface area contributed by atoms with Crippen LogP contribution in [-0.4, -0.2) is 70.5 Å². The van der Waals surface area contributed by atoms with E-state index >= 15 is 8.78 Å². The summed E-state index contributed by atoms with van der Waals surface area (Å²) in [7, 11) is -2.26. The van der Waals surface area contributed by atoms with Gasteiger partial charge in [0, 0.05) is 36.2 Å². The smallest absolute Gasteiger partial charge is 0.319 e. The minimum Gasteiger partial charge on any atom is -0.508 e. The molecule has 2 aromatic carbocycles.